The molecule has 0 aliphatic carbocycles. The number of carboxylic acids is 1. The number of Topliss-reactive ketones (excluding diaryl/α,β-unsaturated/α-hetero) is 1. The quantitative estimate of drug-likeness (QED) is 0.0519. The maximum absolute atomic E-state index is 13.0. The number of alkyl carbamates (subject to hydrolysis) is 1. The molecule has 10 N–H and O–H groups in total. The lowest BCUT2D eigenvalue weighted by Gasteiger charge is -2.25. The first-order valence-corrected chi connectivity index (χ1v) is 17.3. The molecule has 0 spiro atoms. The van der Waals surface area contributed by atoms with Crippen LogP contribution in [0.4, 0.5) is 4.79 Å². The van der Waals surface area contributed by atoms with Crippen molar-refractivity contribution in [1.29, 1.82) is 0 Å². The topological polar surface area (TPSA) is 263 Å². The highest BCUT2D eigenvalue weighted by atomic mass is 16.5. The first kappa shape index (κ1) is 41.6. The number of hydrogen-bond donors (Lipinski definition) is 7. The van der Waals surface area contributed by atoms with Gasteiger partial charge < -0.3 is 43.0 Å². The molecule has 5 atom stereocenters. The van der Waals surface area contributed by atoms with E-state index in [4.69, 9.17) is 23.3 Å². The highest BCUT2D eigenvalue weighted by Gasteiger charge is 2.41. The van der Waals surface area contributed by atoms with Crippen LogP contribution in [0.3, 0.4) is 0 Å². The van der Waals surface area contributed by atoms with Gasteiger partial charge in [-0.1, -0.05) is 88.6 Å². The number of nitrogens with two attached hydrogens (primary N) is 3. The van der Waals surface area contributed by atoms with E-state index in [1.54, 1.807) is 30.3 Å². The van der Waals surface area contributed by atoms with Crippen molar-refractivity contribution in [3.63, 3.8) is 0 Å². The van der Waals surface area contributed by atoms with Crippen LogP contribution in [-0.2, 0) is 40.1 Å². The Morgan fingerprint density at radius 1 is 0.800 bits per heavy atom. The zero-order valence-corrected chi connectivity index (χ0v) is 29.2. The average molecular weight is 706 g/mol. The van der Waals surface area contributed by atoms with Crippen LogP contribution in [0.1, 0.15) is 117 Å². The molecule has 0 aromatic heterocycles. The molecule has 0 bridgehead atoms. The Balaban J connectivity index is 2.60. The molecule has 0 aliphatic heterocycles. The summed E-state index contributed by atoms with van der Waals surface area (Å²) in [6, 6.07) is 4.48. The van der Waals surface area contributed by atoms with Crippen molar-refractivity contribution in [3.8, 4) is 0 Å². The first-order valence-electron chi connectivity index (χ1n) is 17.9. The lowest BCUT2D eigenvalue weighted by molar-refractivity contribution is -0.149. The molecule has 1 aromatic carbocycles. The molecule has 0 radical (unpaired) electrons. The number of unbranched alkanes of at least 4 members (excludes halogenated alkanes) is 8. The van der Waals surface area contributed by atoms with Gasteiger partial charge in [0.25, 0.3) is 0 Å². The first-order chi connectivity index (χ1) is 24.1. The number of rotatable bonds is 27. The van der Waals surface area contributed by atoms with Gasteiger partial charge in [-0.05, 0) is 44.6 Å². The largest absolute Gasteiger partial charge is 0.480 e. The van der Waals surface area contributed by atoms with E-state index < -0.39 is 78.7 Å². The SMILES string of the molecule is [2H]C(OC(=O)NC(CCCC(N)(C(=O)O)C(=O)CC[C@@H](NC(=O)[C@H](C)NC(=O)CCCCCCCCCCC)C(N)=O)C(N)=O)c1ccccc1. The fraction of sp³-hybridized carbons (Fsp3) is 0.629. The number of benzene rings is 1. The van der Waals surface area contributed by atoms with Gasteiger partial charge in [-0.25, -0.2) is 9.59 Å². The third-order valence-corrected chi connectivity index (χ3v) is 8.28. The Hall–Kier alpha value is -4.53. The molecule has 15 nitrogen and oxygen atoms in total. The van der Waals surface area contributed by atoms with Gasteiger partial charge >= 0.3 is 12.1 Å². The molecule has 0 aliphatic rings. The molecular weight excluding hydrogens is 648 g/mol. The van der Waals surface area contributed by atoms with Crippen LogP contribution < -0.4 is 33.2 Å². The van der Waals surface area contributed by atoms with Crippen molar-refractivity contribution in [2.24, 2.45) is 17.2 Å². The Morgan fingerprint density at radius 2 is 1.36 bits per heavy atom. The summed E-state index contributed by atoms with van der Waals surface area (Å²) < 4.78 is 12.9. The number of aliphatic carboxylic acids is 1. The highest BCUT2D eigenvalue weighted by molar-refractivity contribution is 6.07. The zero-order chi connectivity index (χ0) is 38.4. The Labute approximate surface area is 295 Å². The molecular formula is C35H56N6O9. The van der Waals surface area contributed by atoms with Gasteiger partial charge in [0.15, 0.2) is 11.3 Å². The van der Waals surface area contributed by atoms with Crippen LogP contribution in [0.15, 0.2) is 30.3 Å². The van der Waals surface area contributed by atoms with Crippen molar-refractivity contribution < 1.29 is 44.8 Å². The molecule has 0 saturated carbocycles. The minimum atomic E-state index is -2.44. The third-order valence-electron chi connectivity index (χ3n) is 8.28. The molecule has 5 amide bonds. The van der Waals surface area contributed by atoms with Crippen molar-refractivity contribution >= 4 is 41.5 Å². The van der Waals surface area contributed by atoms with Gasteiger partial charge in [0.05, 0.1) is 1.37 Å². The molecule has 15 heteroatoms. The van der Waals surface area contributed by atoms with E-state index in [-0.39, 0.29) is 31.6 Å². The van der Waals surface area contributed by atoms with Crippen LogP contribution in [0.25, 0.3) is 0 Å². The van der Waals surface area contributed by atoms with Crippen molar-refractivity contribution in [3.05, 3.63) is 35.9 Å². The molecule has 280 valence electrons. The van der Waals surface area contributed by atoms with Gasteiger partial charge in [-0.2, -0.15) is 0 Å². The molecule has 3 unspecified atom stereocenters. The van der Waals surface area contributed by atoms with E-state index in [0.29, 0.717) is 12.0 Å². The maximum Gasteiger partial charge on any atom is 0.408 e. The zero-order valence-electron chi connectivity index (χ0n) is 30.2. The van der Waals surface area contributed by atoms with Gasteiger partial charge in [0, 0.05) is 12.8 Å². The van der Waals surface area contributed by atoms with Gasteiger partial charge in [0.2, 0.25) is 23.6 Å². The van der Waals surface area contributed by atoms with E-state index in [2.05, 4.69) is 22.9 Å². The van der Waals surface area contributed by atoms with Crippen molar-refractivity contribution in [2.75, 3.05) is 0 Å². The molecule has 0 fully saturated rings. The number of primary amides is 2. The molecule has 50 heavy (non-hydrogen) atoms. The van der Waals surface area contributed by atoms with Crippen LogP contribution in [-0.4, -0.2) is 70.2 Å². The molecule has 1 rings (SSSR count). The lowest BCUT2D eigenvalue weighted by Crippen LogP contribution is -2.56. The smallest absolute Gasteiger partial charge is 0.408 e. The summed E-state index contributed by atoms with van der Waals surface area (Å²) in [7, 11) is 0. The summed E-state index contributed by atoms with van der Waals surface area (Å²) in [5, 5.41) is 17.0. The third kappa shape index (κ3) is 17.2. The fourth-order valence-corrected chi connectivity index (χ4v) is 5.12. The summed E-state index contributed by atoms with van der Waals surface area (Å²) in [4.78, 5) is 86.5. The predicted octanol–water partition coefficient (Wildman–Crippen LogP) is 2.46. The monoisotopic (exact) mass is 705 g/mol. The van der Waals surface area contributed by atoms with E-state index in [0.717, 1.165) is 19.3 Å². The number of carbonyl (C=O) groups excluding carboxylic acids is 6. The van der Waals surface area contributed by atoms with E-state index in [1.807, 2.05) is 0 Å². The standard InChI is InChI=1S/C35H56N6O9/c1-3-4-5-6-7-8-9-10-14-19-29(43)39-24(2)32(46)40-27(31(37)45)20-21-28(42)35(38,33(47)48)22-15-18-26(30(36)44)41-34(49)50-23-25-16-12-11-13-17-25/h11-13,16-17,24,26-27H,3-10,14-15,18-23,38H2,1-2H3,(H2,36,44)(H2,37,45)(H,39,43)(H,40,46)(H,41,49)(H,47,48)/t24-,26?,27+,35?/m0/s1/i23D/t23?,24-,26?,27+,35?. The molecule has 0 saturated heterocycles. The molecule has 1 aromatic rings. The van der Waals surface area contributed by atoms with Gasteiger partial charge in [-0.15, -0.1) is 0 Å². The van der Waals surface area contributed by atoms with E-state index in [1.165, 1.54) is 39.0 Å². The number of ether oxygens (including phenoxy) is 1. The number of carboxylic acid groups (broad SMARTS) is 1. The van der Waals surface area contributed by atoms with E-state index >= 15 is 0 Å². The van der Waals surface area contributed by atoms with Gasteiger partial charge in [0.1, 0.15) is 24.7 Å². The summed E-state index contributed by atoms with van der Waals surface area (Å²) in [6.07, 6.45) is 7.21. The number of carbonyl (C=O) groups is 7. The van der Waals surface area contributed by atoms with Gasteiger partial charge in [-0.3, -0.25) is 24.0 Å². The van der Waals surface area contributed by atoms with Crippen molar-refractivity contribution in [1.82, 2.24) is 16.0 Å². The minimum Gasteiger partial charge on any atom is -0.480 e. The van der Waals surface area contributed by atoms with Crippen LogP contribution in [0, 0.1) is 0 Å². The van der Waals surface area contributed by atoms with Crippen LogP contribution in [0.5, 0.6) is 0 Å². The summed E-state index contributed by atoms with van der Waals surface area (Å²) in [5.41, 5.74) is 14.7. The number of ketones is 1. The Kier molecular flexibility index (Phi) is 19.8. The number of nitrogens with one attached hydrogen (secondary N) is 3. The summed E-state index contributed by atoms with van der Waals surface area (Å²) in [5.74, 6) is -5.62. The second-order valence-corrected chi connectivity index (χ2v) is 12.5. The summed E-state index contributed by atoms with van der Waals surface area (Å²) in [6.45, 7) is 2.23. The fourth-order valence-electron chi connectivity index (χ4n) is 5.12. The minimum absolute atomic E-state index is 0.155. The predicted molar refractivity (Wildman–Crippen MR) is 186 cm³/mol. The Morgan fingerprint density at radius 3 is 1.92 bits per heavy atom. The summed E-state index contributed by atoms with van der Waals surface area (Å²) >= 11 is 0. The average Bonchev–Trinajstić information content (AvgIpc) is 3.08. The molecule has 0 heterocycles. The maximum atomic E-state index is 13.0. The van der Waals surface area contributed by atoms with E-state index in [9.17, 15) is 38.7 Å². The normalized spacial score (nSPS) is 14.8. The van der Waals surface area contributed by atoms with Crippen LogP contribution in [0.2, 0.25) is 0 Å². The number of hydrogen-bond acceptors (Lipinski definition) is 9. The lowest BCUT2D eigenvalue weighted by atomic mass is 9.85. The highest BCUT2D eigenvalue weighted by Crippen LogP contribution is 2.18. The second kappa shape index (κ2) is 23.8. The second-order valence-electron chi connectivity index (χ2n) is 12.5. The van der Waals surface area contributed by atoms with Crippen molar-refractivity contribution in [2.45, 2.75) is 140 Å². The van der Waals surface area contributed by atoms with Crippen LogP contribution >= 0.6 is 0 Å². The Bertz CT molecular complexity index is 1300. The number of amides is 5.